The van der Waals surface area contributed by atoms with Gasteiger partial charge in [0.2, 0.25) is 0 Å². The highest BCUT2D eigenvalue weighted by Crippen LogP contribution is 2.25. The van der Waals surface area contributed by atoms with E-state index in [0.717, 1.165) is 16.5 Å². The van der Waals surface area contributed by atoms with E-state index >= 15 is 0 Å². The fraction of sp³-hybridized carbons (Fsp3) is 0.320. The van der Waals surface area contributed by atoms with Crippen LogP contribution in [0.1, 0.15) is 38.7 Å². The maximum Gasteiger partial charge on any atom is 0.261 e. The van der Waals surface area contributed by atoms with Gasteiger partial charge in [-0.3, -0.25) is 4.79 Å². The summed E-state index contributed by atoms with van der Waals surface area (Å²) < 4.78 is 11.8. The smallest absolute Gasteiger partial charge is 0.261 e. The van der Waals surface area contributed by atoms with Crippen LogP contribution < -0.4 is 14.8 Å². The Morgan fingerprint density at radius 3 is 2.45 bits per heavy atom. The summed E-state index contributed by atoms with van der Waals surface area (Å²) in [5, 5.41) is 5.17. The van der Waals surface area contributed by atoms with Gasteiger partial charge in [0.25, 0.3) is 5.91 Å². The Kier molecular flexibility index (Phi) is 7.12. The van der Waals surface area contributed by atoms with Gasteiger partial charge in [-0.25, -0.2) is 0 Å². The molecule has 0 spiro atoms. The molecule has 0 fully saturated rings. The van der Waals surface area contributed by atoms with Crippen LogP contribution in [0.3, 0.4) is 0 Å². The number of hydrogen-bond donors (Lipinski definition) is 1. The largest absolute Gasteiger partial charge is 0.491 e. The molecule has 1 N–H and O–H groups in total. The molecule has 3 aromatic rings. The summed E-state index contributed by atoms with van der Waals surface area (Å²) >= 11 is 0. The molecule has 4 nitrogen and oxygen atoms in total. The second kappa shape index (κ2) is 9.97. The second-order valence-electron chi connectivity index (χ2n) is 7.36. The number of rotatable bonds is 9. The molecular weight excluding hydrogens is 362 g/mol. The van der Waals surface area contributed by atoms with Crippen LogP contribution in [-0.4, -0.2) is 25.2 Å². The Morgan fingerprint density at radius 1 is 0.966 bits per heavy atom. The van der Waals surface area contributed by atoms with E-state index in [4.69, 9.17) is 9.47 Å². The van der Waals surface area contributed by atoms with Gasteiger partial charge in [0.15, 0.2) is 6.10 Å². The summed E-state index contributed by atoms with van der Waals surface area (Å²) in [7, 11) is 0. The molecule has 0 saturated heterocycles. The van der Waals surface area contributed by atoms with Gasteiger partial charge in [0.1, 0.15) is 18.1 Å². The molecule has 152 valence electrons. The summed E-state index contributed by atoms with van der Waals surface area (Å²) in [6, 6.07) is 22.0. The van der Waals surface area contributed by atoms with Crippen LogP contribution in [0.4, 0.5) is 0 Å². The lowest BCUT2D eigenvalue weighted by Gasteiger charge is -2.18. The van der Waals surface area contributed by atoms with Crippen molar-refractivity contribution in [3.05, 3.63) is 72.3 Å². The number of ether oxygens (including phenoxy) is 2. The topological polar surface area (TPSA) is 47.6 Å². The van der Waals surface area contributed by atoms with Gasteiger partial charge in [0.05, 0.1) is 6.54 Å². The average molecular weight is 392 g/mol. The lowest BCUT2D eigenvalue weighted by atomic mass is 10.0. The Hall–Kier alpha value is -3.01. The normalized spacial score (nSPS) is 12.0. The first-order valence-corrected chi connectivity index (χ1v) is 10.2. The van der Waals surface area contributed by atoms with Crippen LogP contribution in [0.5, 0.6) is 11.5 Å². The Bertz CT molecular complexity index is 951. The molecule has 1 amide bonds. The Balaban J connectivity index is 1.52. The van der Waals surface area contributed by atoms with Crippen molar-refractivity contribution in [3.8, 4) is 11.5 Å². The molecule has 0 unspecified atom stereocenters. The minimum Gasteiger partial charge on any atom is -0.491 e. The number of nitrogens with one attached hydrogen (secondary N) is 1. The van der Waals surface area contributed by atoms with Crippen LogP contribution in [0, 0.1) is 0 Å². The number of para-hydroxylation sites is 1. The lowest BCUT2D eigenvalue weighted by Crippen LogP contribution is -2.39. The van der Waals surface area contributed by atoms with Crippen molar-refractivity contribution in [3.63, 3.8) is 0 Å². The summed E-state index contributed by atoms with van der Waals surface area (Å²) in [4.78, 5) is 12.5. The molecule has 0 heterocycles. The van der Waals surface area contributed by atoms with Crippen LogP contribution >= 0.6 is 0 Å². The molecule has 0 aromatic heterocycles. The number of amides is 1. The first-order chi connectivity index (χ1) is 14.1. The van der Waals surface area contributed by atoms with Crippen LogP contribution in [-0.2, 0) is 4.79 Å². The third-order valence-corrected chi connectivity index (χ3v) is 4.86. The number of benzene rings is 3. The predicted octanol–water partition coefficient (Wildman–Crippen LogP) is 5.32. The van der Waals surface area contributed by atoms with E-state index in [1.807, 2.05) is 61.5 Å². The molecular formula is C25H29NO3. The van der Waals surface area contributed by atoms with Gasteiger partial charge in [-0.05, 0) is 46.9 Å². The monoisotopic (exact) mass is 391 g/mol. The van der Waals surface area contributed by atoms with Gasteiger partial charge >= 0.3 is 0 Å². The van der Waals surface area contributed by atoms with E-state index < -0.39 is 6.10 Å². The first kappa shape index (κ1) is 20.7. The number of carbonyl (C=O) groups excluding carboxylic acids is 1. The van der Waals surface area contributed by atoms with E-state index in [1.165, 1.54) is 5.56 Å². The SMILES string of the molecule is CC[C@H](Oc1ccc2ccccc2c1)C(=O)NCCOc1ccccc1C(C)C. The molecule has 1 atom stereocenters. The predicted molar refractivity (Wildman–Crippen MR) is 118 cm³/mol. The third kappa shape index (κ3) is 5.50. The van der Waals surface area contributed by atoms with E-state index in [1.54, 1.807) is 0 Å². The minimum atomic E-state index is -0.529. The number of hydrogen-bond acceptors (Lipinski definition) is 3. The molecule has 0 aliphatic rings. The summed E-state index contributed by atoms with van der Waals surface area (Å²) in [5.41, 5.74) is 1.17. The quantitative estimate of drug-likeness (QED) is 0.503. The maximum absolute atomic E-state index is 12.5. The number of carbonyl (C=O) groups is 1. The minimum absolute atomic E-state index is 0.124. The summed E-state index contributed by atoms with van der Waals surface area (Å²) in [5.74, 6) is 1.84. The van der Waals surface area contributed by atoms with Crippen molar-refractivity contribution in [2.45, 2.75) is 39.2 Å². The molecule has 0 aliphatic carbocycles. The van der Waals surface area contributed by atoms with E-state index in [9.17, 15) is 4.79 Å². The lowest BCUT2D eigenvalue weighted by molar-refractivity contribution is -0.128. The van der Waals surface area contributed by atoms with Gasteiger partial charge in [0, 0.05) is 0 Å². The summed E-state index contributed by atoms with van der Waals surface area (Å²) in [6.45, 7) is 7.07. The molecule has 0 bridgehead atoms. The van der Waals surface area contributed by atoms with Gasteiger partial charge < -0.3 is 14.8 Å². The molecule has 0 aliphatic heterocycles. The third-order valence-electron chi connectivity index (χ3n) is 4.86. The highest BCUT2D eigenvalue weighted by Gasteiger charge is 2.18. The average Bonchev–Trinajstić information content (AvgIpc) is 2.75. The van der Waals surface area contributed by atoms with Gasteiger partial charge in [-0.1, -0.05) is 69.3 Å². The van der Waals surface area contributed by atoms with Crippen LogP contribution in [0.25, 0.3) is 10.8 Å². The first-order valence-electron chi connectivity index (χ1n) is 10.2. The second-order valence-corrected chi connectivity index (χ2v) is 7.36. The van der Waals surface area contributed by atoms with Crippen molar-refractivity contribution in [2.24, 2.45) is 0 Å². The molecule has 0 radical (unpaired) electrons. The standard InChI is InChI=1S/C25H29NO3/c1-4-23(29-21-14-13-19-9-5-6-10-20(19)17-21)25(27)26-15-16-28-24-12-8-7-11-22(24)18(2)3/h5-14,17-18,23H,4,15-16H2,1-3H3,(H,26,27)/t23-/m0/s1. The van der Waals surface area contributed by atoms with Crippen molar-refractivity contribution >= 4 is 16.7 Å². The van der Waals surface area contributed by atoms with Gasteiger partial charge in [-0.15, -0.1) is 0 Å². The molecule has 3 rings (SSSR count). The van der Waals surface area contributed by atoms with E-state index in [2.05, 4.69) is 31.3 Å². The molecule has 29 heavy (non-hydrogen) atoms. The fourth-order valence-corrected chi connectivity index (χ4v) is 3.27. The zero-order valence-electron chi connectivity index (χ0n) is 17.4. The van der Waals surface area contributed by atoms with Crippen molar-refractivity contribution in [2.75, 3.05) is 13.2 Å². The molecule has 4 heteroatoms. The van der Waals surface area contributed by atoms with Crippen molar-refractivity contribution in [1.29, 1.82) is 0 Å². The van der Waals surface area contributed by atoms with Crippen LogP contribution in [0.2, 0.25) is 0 Å². The van der Waals surface area contributed by atoms with E-state index in [0.29, 0.717) is 31.2 Å². The van der Waals surface area contributed by atoms with Gasteiger partial charge in [-0.2, -0.15) is 0 Å². The fourth-order valence-electron chi connectivity index (χ4n) is 3.27. The van der Waals surface area contributed by atoms with Crippen molar-refractivity contribution < 1.29 is 14.3 Å². The zero-order valence-corrected chi connectivity index (χ0v) is 17.4. The number of fused-ring (bicyclic) bond motifs is 1. The molecule has 3 aromatic carbocycles. The highest BCUT2D eigenvalue weighted by molar-refractivity contribution is 5.84. The van der Waals surface area contributed by atoms with E-state index in [-0.39, 0.29) is 5.91 Å². The summed E-state index contributed by atoms with van der Waals surface area (Å²) in [6.07, 6.45) is 0.0644. The molecule has 0 saturated carbocycles. The highest BCUT2D eigenvalue weighted by atomic mass is 16.5. The Labute approximate surface area is 172 Å². The zero-order chi connectivity index (χ0) is 20.6. The Morgan fingerprint density at radius 2 is 1.69 bits per heavy atom. The van der Waals surface area contributed by atoms with Crippen LogP contribution in [0.15, 0.2) is 66.7 Å². The van der Waals surface area contributed by atoms with Crippen molar-refractivity contribution in [1.82, 2.24) is 5.32 Å². The maximum atomic E-state index is 12.5.